The lowest BCUT2D eigenvalue weighted by Gasteiger charge is -2.17. The van der Waals surface area contributed by atoms with Crippen LogP contribution < -0.4 is 10.6 Å². The number of anilines is 1. The number of hydrogen-bond donors (Lipinski definition) is 2. The Bertz CT molecular complexity index is 718. The fourth-order valence-corrected chi connectivity index (χ4v) is 2.65. The molecular weight excluding hydrogens is 328 g/mol. The number of nitrogens with one attached hydrogen (secondary N) is 2. The molecule has 120 valence electrons. The number of rotatable bonds is 4. The summed E-state index contributed by atoms with van der Waals surface area (Å²) in [6, 6.07) is 14.8. The van der Waals surface area contributed by atoms with Crippen LogP contribution in [0, 0.1) is 0 Å². The van der Waals surface area contributed by atoms with Crippen molar-refractivity contribution >= 4 is 40.5 Å². The summed E-state index contributed by atoms with van der Waals surface area (Å²) in [4.78, 5) is 12.2. The predicted molar refractivity (Wildman–Crippen MR) is 100 cm³/mol. The van der Waals surface area contributed by atoms with E-state index in [-0.39, 0.29) is 11.0 Å². The maximum Gasteiger partial charge on any atom is 0.258 e. The van der Waals surface area contributed by atoms with Crippen molar-refractivity contribution in [2.45, 2.75) is 26.2 Å². The second-order valence-corrected chi connectivity index (χ2v) is 6.10. The standard InChI is InChI=1S/C18H19ClN2OS/c1-3-12(2)13-8-5-7-11-16(13)20-18(23)21-17(22)14-9-4-6-10-15(14)19/h4-12H,3H2,1-2H3,(H2,20,21,22,23)/t12-/m1/s1. The quantitative estimate of drug-likeness (QED) is 0.767. The lowest BCUT2D eigenvalue weighted by atomic mass is 9.97. The Morgan fingerprint density at radius 3 is 2.52 bits per heavy atom. The molecule has 0 saturated heterocycles. The van der Waals surface area contributed by atoms with E-state index in [0.29, 0.717) is 16.5 Å². The normalized spacial score (nSPS) is 11.6. The summed E-state index contributed by atoms with van der Waals surface area (Å²) in [5.41, 5.74) is 2.48. The van der Waals surface area contributed by atoms with E-state index in [1.54, 1.807) is 24.3 Å². The molecule has 0 aliphatic carbocycles. The van der Waals surface area contributed by atoms with Gasteiger partial charge in [0.15, 0.2) is 5.11 Å². The van der Waals surface area contributed by atoms with Gasteiger partial charge in [0.05, 0.1) is 10.6 Å². The monoisotopic (exact) mass is 346 g/mol. The third kappa shape index (κ3) is 4.53. The van der Waals surface area contributed by atoms with E-state index in [0.717, 1.165) is 12.1 Å². The summed E-state index contributed by atoms with van der Waals surface area (Å²) in [7, 11) is 0. The van der Waals surface area contributed by atoms with Crippen molar-refractivity contribution < 1.29 is 4.79 Å². The molecule has 3 nitrogen and oxygen atoms in total. The minimum Gasteiger partial charge on any atom is -0.332 e. The minimum absolute atomic E-state index is 0.255. The summed E-state index contributed by atoms with van der Waals surface area (Å²) >= 11 is 11.3. The number of para-hydroxylation sites is 1. The van der Waals surface area contributed by atoms with E-state index in [9.17, 15) is 4.79 Å². The van der Waals surface area contributed by atoms with Gasteiger partial charge in [0, 0.05) is 5.69 Å². The van der Waals surface area contributed by atoms with Gasteiger partial charge in [-0.05, 0) is 48.3 Å². The molecule has 0 bridgehead atoms. The lowest BCUT2D eigenvalue weighted by Crippen LogP contribution is -2.34. The maximum absolute atomic E-state index is 12.2. The Morgan fingerprint density at radius 2 is 1.83 bits per heavy atom. The third-order valence-electron chi connectivity index (χ3n) is 3.70. The smallest absolute Gasteiger partial charge is 0.258 e. The fraction of sp³-hybridized carbons (Fsp3) is 0.222. The van der Waals surface area contributed by atoms with Crippen LogP contribution in [0.5, 0.6) is 0 Å². The largest absolute Gasteiger partial charge is 0.332 e. The summed E-state index contributed by atoms with van der Waals surface area (Å²) in [5, 5.41) is 6.42. The summed E-state index contributed by atoms with van der Waals surface area (Å²) < 4.78 is 0. The fourth-order valence-electron chi connectivity index (χ4n) is 2.23. The van der Waals surface area contributed by atoms with Crippen LogP contribution in [0.25, 0.3) is 0 Å². The highest BCUT2D eigenvalue weighted by Gasteiger charge is 2.13. The molecule has 0 unspecified atom stereocenters. The topological polar surface area (TPSA) is 41.1 Å². The molecule has 2 aromatic carbocycles. The second kappa shape index (κ2) is 8.09. The number of halogens is 1. The molecule has 0 aliphatic rings. The highest BCUT2D eigenvalue weighted by molar-refractivity contribution is 7.80. The number of amides is 1. The molecule has 0 fully saturated rings. The van der Waals surface area contributed by atoms with Crippen molar-refractivity contribution in [3.8, 4) is 0 Å². The first-order chi connectivity index (χ1) is 11.0. The Hall–Kier alpha value is -1.91. The highest BCUT2D eigenvalue weighted by Crippen LogP contribution is 2.26. The zero-order valence-electron chi connectivity index (χ0n) is 13.1. The molecule has 0 saturated carbocycles. The number of carbonyl (C=O) groups is 1. The van der Waals surface area contributed by atoms with Gasteiger partial charge in [-0.25, -0.2) is 0 Å². The molecule has 1 atom stereocenters. The number of benzene rings is 2. The summed E-state index contributed by atoms with van der Waals surface area (Å²) in [6.07, 6.45) is 1.03. The zero-order valence-corrected chi connectivity index (χ0v) is 14.7. The van der Waals surface area contributed by atoms with Crippen molar-refractivity contribution in [1.82, 2.24) is 5.32 Å². The van der Waals surface area contributed by atoms with Crippen LogP contribution in [0.2, 0.25) is 5.02 Å². The number of thiocarbonyl (C=S) groups is 1. The van der Waals surface area contributed by atoms with Crippen LogP contribution in [0.15, 0.2) is 48.5 Å². The van der Waals surface area contributed by atoms with Gasteiger partial charge >= 0.3 is 0 Å². The molecule has 5 heteroatoms. The summed E-state index contributed by atoms with van der Waals surface area (Å²) in [6.45, 7) is 4.30. The first-order valence-electron chi connectivity index (χ1n) is 7.48. The van der Waals surface area contributed by atoms with Gasteiger partial charge in [0.2, 0.25) is 0 Å². The van der Waals surface area contributed by atoms with Gasteiger partial charge in [0.25, 0.3) is 5.91 Å². The third-order valence-corrected chi connectivity index (χ3v) is 4.23. The van der Waals surface area contributed by atoms with Crippen LogP contribution in [-0.4, -0.2) is 11.0 Å². The molecule has 2 N–H and O–H groups in total. The van der Waals surface area contributed by atoms with E-state index in [1.165, 1.54) is 5.56 Å². The van der Waals surface area contributed by atoms with E-state index < -0.39 is 0 Å². The molecule has 0 heterocycles. The molecule has 1 amide bonds. The van der Waals surface area contributed by atoms with Gasteiger partial charge < -0.3 is 5.32 Å². The van der Waals surface area contributed by atoms with E-state index in [2.05, 4.69) is 30.5 Å². The molecule has 23 heavy (non-hydrogen) atoms. The Balaban J connectivity index is 2.09. The van der Waals surface area contributed by atoms with Crippen LogP contribution in [0.1, 0.15) is 42.1 Å². The first kappa shape index (κ1) is 17.4. The van der Waals surface area contributed by atoms with Crippen LogP contribution in [0.4, 0.5) is 5.69 Å². The average molecular weight is 347 g/mol. The molecule has 0 spiro atoms. The van der Waals surface area contributed by atoms with E-state index >= 15 is 0 Å². The van der Waals surface area contributed by atoms with Crippen molar-refractivity contribution in [2.24, 2.45) is 0 Å². The van der Waals surface area contributed by atoms with Gasteiger partial charge in [-0.2, -0.15) is 0 Å². The molecule has 2 rings (SSSR count). The average Bonchev–Trinajstić information content (AvgIpc) is 2.54. The first-order valence-corrected chi connectivity index (χ1v) is 8.27. The molecular formula is C18H19ClN2OS. The number of hydrogen-bond acceptors (Lipinski definition) is 2. The number of carbonyl (C=O) groups excluding carboxylic acids is 1. The van der Waals surface area contributed by atoms with Gasteiger partial charge in [-0.1, -0.05) is 55.8 Å². The molecule has 0 radical (unpaired) electrons. The van der Waals surface area contributed by atoms with E-state index in [4.69, 9.17) is 23.8 Å². The van der Waals surface area contributed by atoms with Gasteiger partial charge in [-0.15, -0.1) is 0 Å². The van der Waals surface area contributed by atoms with Crippen molar-refractivity contribution in [3.63, 3.8) is 0 Å². The predicted octanol–water partition coefficient (Wildman–Crippen LogP) is 4.98. The van der Waals surface area contributed by atoms with Crippen molar-refractivity contribution in [1.29, 1.82) is 0 Å². The summed E-state index contributed by atoms with van der Waals surface area (Å²) in [5.74, 6) is 0.0786. The minimum atomic E-state index is -0.325. The van der Waals surface area contributed by atoms with E-state index in [1.807, 2.05) is 18.2 Å². The van der Waals surface area contributed by atoms with Gasteiger partial charge in [0.1, 0.15) is 0 Å². The molecule has 0 aromatic heterocycles. The van der Waals surface area contributed by atoms with Crippen molar-refractivity contribution in [3.05, 3.63) is 64.7 Å². The second-order valence-electron chi connectivity index (χ2n) is 5.28. The molecule has 2 aromatic rings. The Labute approximate surface area is 147 Å². The van der Waals surface area contributed by atoms with Crippen LogP contribution in [-0.2, 0) is 0 Å². The van der Waals surface area contributed by atoms with Crippen molar-refractivity contribution in [2.75, 3.05) is 5.32 Å². The zero-order chi connectivity index (χ0) is 16.8. The Kier molecular flexibility index (Phi) is 6.13. The van der Waals surface area contributed by atoms with Gasteiger partial charge in [-0.3, -0.25) is 10.1 Å². The highest BCUT2D eigenvalue weighted by atomic mass is 35.5. The Morgan fingerprint density at radius 1 is 1.17 bits per heavy atom. The molecule has 0 aliphatic heterocycles. The van der Waals surface area contributed by atoms with Crippen LogP contribution >= 0.6 is 23.8 Å². The lowest BCUT2D eigenvalue weighted by molar-refractivity contribution is 0.0978. The van der Waals surface area contributed by atoms with Crippen LogP contribution in [0.3, 0.4) is 0 Å². The SMILES string of the molecule is CC[C@@H](C)c1ccccc1NC(=S)NC(=O)c1ccccc1Cl. The maximum atomic E-state index is 12.2.